The molecule has 0 spiro atoms. The van der Waals surface area contributed by atoms with E-state index in [0.29, 0.717) is 11.5 Å². The Labute approximate surface area is 241 Å². The van der Waals surface area contributed by atoms with Crippen molar-refractivity contribution in [2.24, 2.45) is 0 Å². The third-order valence-electron chi connectivity index (χ3n) is 7.55. The summed E-state index contributed by atoms with van der Waals surface area (Å²) >= 11 is 0. The normalized spacial score (nSPS) is 13.8. The van der Waals surface area contributed by atoms with Gasteiger partial charge in [0.25, 0.3) is 0 Å². The summed E-state index contributed by atoms with van der Waals surface area (Å²) in [4.78, 5) is 31.4. The van der Waals surface area contributed by atoms with Gasteiger partial charge in [-0.25, -0.2) is 4.79 Å². The molecule has 0 saturated heterocycles. The molecule has 1 N–H and O–H groups in total. The predicted octanol–water partition coefficient (Wildman–Crippen LogP) is 6.44. The smallest absolute Gasteiger partial charge is 0.322 e. The zero-order valence-electron chi connectivity index (χ0n) is 24.1. The number of amides is 3. The van der Waals surface area contributed by atoms with E-state index < -0.39 is 6.04 Å². The monoisotopic (exact) mass is 552 g/mol. The van der Waals surface area contributed by atoms with Crippen molar-refractivity contribution in [3.63, 3.8) is 0 Å². The van der Waals surface area contributed by atoms with Gasteiger partial charge in [0.2, 0.25) is 5.91 Å². The number of carbonyl (C=O) groups is 2. The number of fused-ring (bicyclic) bond motifs is 3. The Balaban J connectivity index is 1.57. The van der Waals surface area contributed by atoms with E-state index in [9.17, 15) is 9.59 Å². The van der Waals surface area contributed by atoms with Crippen LogP contribution in [0.25, 0.3) is 5.69 Å². The number of aryl methyl sites for hydroxylation is 1. The van der Waals surface area contributed by atoms with Crippen LogP contribution in [0.4, 0.5) is 16.2 Å². The first-order chi connectivity index (χ1) is 19.9. The summed E-state index contributed by atoms with van der Waals surface area (Å²) in [6.07, 6.45) is 2.78. The number of para-hydroxylation sites is 3. The van der Waals surface area contributed by atoms with E-state index in [0.717, 1.165) is 40.3 Å². The zero-order valence-corrected chi connectivity index (χ0v) is 24.1. The number of aromatic nitrogens is 1. The topological polar surface area (TPSA) is 76.0 Å². The highest BCUT2D eigenvalue weighted by Crippen LogP contribution is 2.45. The van der Waals surface area contributed by atoms with Crippen LogP contribution >= 0.6 is 0 Å². The van der Waals surface area contributed by atoms with Crippen LogP contribution in [0, 0.1) is 0 Å². The van der Waals surface area contributed by atoms with Gasteiger partial charge in [-0.15, -0.1) is 0 Å². The van der Waals surface area contributed by atoms with Gasteiger partial charge in [-0.3, -0.25) is 9.69 Å². The van der Waals surface area contributed by atoms with Crippen molar-refractivity contribution >= 4 is 23.3 Å². The average Bonchev–Trinajstić information content (AvgIpc) is 3.49. The summed E-state index contributed by atoms with van der Waals surface area (Å²) in [5, 5.41) is 3.03. The summed E-state index contributed by atoms with van der Waals surface area (Å²) in [5.41, 5.74) is 5.10. The molecule has 3 amide bonds. The first kappa shape index (κ1) is 27.8. The van der Waals surface area contributed by atoms with E-state index >= 15 is 0 Å². The molecule has 1 aliphatic heterocycles. The molecule has 1 atom stereocenters. The van der Waals surface area contributed by atoms with Gasteiger partial charge in [0.05, 0.1) is 31.3 Å². The maximum atomic E-state index is 14.4. The van der Waals surface area contributed by atoms with Crippen LogP contribution in [-0.2, 0) is 11.2 Å². The number of rotatable bonds is 8. The second kappa shape index (κ2) is 11.8. The second-order valence-corrected chi connectivity index (χ2v) is 10.2. The van der Waals surface area contributed by atoms with E-state index in [1.807, 2.05) is 106 Å². The molecule has 5 rings (SSSR count). The third-order valence-corrected chi connectivity index (χ3v) is 7.55. The van der Waals surface area contributed by atoms with Crippen LogP contribution < -0.4 is 19.7 Å². The highest BCUT2D eigenvalue weighted by molar-refractivity contribution is 6.01. The Hall–Kier alpha value is -4.72. The van der Waals surface area contributed by atoms with Crippen molar-refractivity contribution in [3.05, 3.63) is 102 Å². The van der Waals surface area contributed by atoms with Crippen molar-refractivity contribution in [3.8, 4) is 17.2 Å². The third kappa shape index (κ3) is 5.25. The summed E-state index contributed by atoms with van der Waals surface area (Å²) in [6.45, 7) is 5.76. The predicted molar refractivity (Wildman–Crippen MR) is 161 cm³/mol. The molecule has 1 unspecified atom stereocenters. The molecule has 0 radical (unpaired) electrons. The van der Waals surface area contributed by atoms with Crippen LogP contribution in [0.2, 0.25) is 0 Å². The number of hydrogen-bond acceptors (Lipinski definition) is 4. The van der Waals surface area contributed by atoms with Crippen molar-refractivity contribution in [1.82, 2.24) is 9.47 Å². The molecule has 212 valence electrons. The summed E-state index contributed by atoms with van der Waals surface area (Å²) in [5.74, 6) is 1.07. The van der Waals surface area contributed by atoms with E-state index in [4.69, 9.17) is 9.47 Å². The van der Waals surface area contributed by atoms with Gasteiger partial charge in [0, 0.05) is 23.5 Å². The Morgan fingerprint density at radius 1 is 0.927 bits per heavy atom. The van der Waals surface area contributed by atoms with Crippen molar-refractivity contribution < 1.29 is 19.1 Å². The van der Waals surface area contributed by atoms with E-state index in [1.54, 1.807) is 24.0 Å². The molecule has 0 aliphatic carbocycles. The summed E-state index contributed by atoms with van der Waals surface area (Å²) in [7, 11) is 3.23. The Kier molecular flexibility index (Phi) is 8.01. The first-order valence-corrected chi connectivity index (χ1v) is 13.8. The zero-order chi connectivity index (χ0) is 29.1. The van der Waals surface area contributed by atoms with Crippen LogP contribution in [0.1, 0.15) is 43.6 Å². The molecular formula is C33H36N4O4. The largest absolute Gasteiger partial charge is 0.497 e. The summed E-state index contributed by atoms with van der Waals surface area (Å²) < 4.78 is 13.4. The maximum Gasteiger partial charge on any atom is 0.322 e. The molecular weight excluding hydrogens is 516 g/mol. The van der Waals surface area contributed by atoms with Gasteiger partial charge >= 0.3 is 6.03 Å². The minimum Gasteiger partial charge on any atom is -0.497 e. The van der Waals surface area contributed by atoms with E-state index in [1.165, 1.54) is 0 Å². The molecule has 0 saturated carbocycles. The summed E-state index contributed by atoms with van der Waals surface area (Å²) in [6, 6.07) is 24.0. The number of hydrogen-bond donors (Lipinski definition) is 1. The van der Waals surface area contributed by atoms with Crippen LogP contribution in [0.3, 0.4) is 0 Å². The number of ether oxygens (including phenoxy) is 2. The quantitative estimate of drug-likeness (QED) is 0.273. The van der Waals surface area contributed by atoms with Gasteiger partial charge in [-0.1, -0.05) is 37.3 Å². The SMILES string of the molecule is CCc1ccccc1NC(=O)N(CC(=O)N1c2ccccc2-n2cccc2C1c1cc(OC)ccc1OC)C(C)C. The van der Waals surface area contributed by atoms with Gasteiger partial charge in [-0.2, -0.15) is 0 Å². The Bertz CT molecular complexity index is 1560. The maximum absolute atomic E-state index is 14.4. The lowest BCUT2D eigenvalue weighted by molar-refractivity contribution is -0.119. The molecule has 3 aromatic carbocycles. The number of urea groups is 1. The van der Waals surface area contributed by atoms with E-state index in [-0.39, 0.29) is 24.5 Å². The first-order valence-electron chi connectivity index (χ1n) is 13.8. The number of methoxy groups -OCH3 is 2. The molecule has 8 nitrogen and oxygen atoms in total. The number of carbonyl (C=O) groups excluding carboxylic acids is 2. The second-order valence-electron chi connectivity index (χ2n) is 10.2. The molecule has 4 aromatic rings. The molecule has 41 heavy (non-hydrogen) atoms. The standard InChI is InChI=1S/C33H36N4O4/c1-6-23-12-7-8-13-26(23)34-33(39)36(22(2)3)21-31(38)37-28-15-10-9-14-27(28)35-19-11-16-29(35)32(37)25-20-24(40-4)17-18-30(25)41-5/h7-20,22,32H,6,21H2,1-5H3,(H,34,39). The highest BCUT2D eigenvalue weighted by Gasteiger charge is 2.39. The molecule has 1 aromatic heterocycles. The fourth-order valence-electron chi connectivity index (χ4n) is 5.46. The van der Waals surface area contributed by atoms with Gasteiger partial charge in [-0.05, 0) is 74.4 Å². The van der Waals surface area contributed by atoms with E-state index in [2.05, 4.69) is 9.88 Å². The van der Waals surface area contributed by atoms with Gasteiger partial charge in [0.15, 0.2) is 0 Å². The number of nitrogens with one attached hydrogen (secondary N) is 1. The lowest BCUT2D eigenvalue weighted by Gasteiger charge is -2.40. The highest BCUT2D eigenvalue weighted by atomic mass is 16.5. The van der Waals surface area contributed by atoms with Crippen molar-refractivity contribution in [1.29, 1.82) is 0 Å². The van der Waals surface area contributed by atoms with Gasteiger partial charge < -0.3 is 24.3 Å². The van der Waals surface area contributed by atoms with Crippen LogP contribution in [0.5, 0.6) is 11.5 Å². The minimum absolute atomic E-state index is 0.115. The lowest BCUT2D eigenvalue weighted by Crippen LogP contribution is -2.49. The Morgan fingerprint density at radius 3 is 2.37 bits per heavy atom. The fourth-order valence-corrected chi connectivity index (χ4v) is 5.46. The number of nitrogens with zero attached hydrogens (tertiary/aromatic N) is 3. The molecule has 0 bridgehead atoms. The van der Waals surface area contributed by atoms with Crippen LogP contribution in [-0.4, -0.2) is 48.2 Å². The fraction of sp³-hybridized carbons (Fsp3) is 0.273. The Morgan fingerprint density at radius 2 is 1.66 bits per heavy atom. The molecule has 2 heterocycles. The number of anilines is 2. The minimum atomic E-state index is -0.518. The average molecular weight is 553 g/mol. The molecule has 8 heteroatoms. The molecule has 0 fully saturated rings. The van der Waals surface area contributed by atoms with Crippen molar-refractivity contribution in [2.75, 3.05) is 31.0 Å². The van der Waals surface area contributed by atoms with Crippen molar-refractivity contribution in [2.45, 2.75) is 39.3 Å². The number of benzene rings is 3. The van der Waals surface area contributed by atoms with Gasteiger partial charge in [0.1, 0.15) is 24.1 Å². The lowest BCUT2D eigenvalue weighted by atomic mass is 9.96. The van der Waals surface area contributed by atoms with Crippen LogP contribution in [0.15, 0.2) is 85.1 Å². The molecule has 1 aliphatic rings.